The summed E-state index contributed by atoms with van der Waals surface area (Å²) in [4.78, 5) is 5.06. The highest BCUT2D eigenvalue weighted by Gasteiger charge is 2.45. The minimum atomic E-state index is 0.0773. The molecule has 0 spiro atoms. The topological polar surface area (TPSA) is 10.9 Å². The van der Waals surface area contributed by atoms with E-state index in [4.69, 9.17) is 0 Å². The average molecular weight is 640 g/mol. The first kappa shape index (κ1) is 26.0. The van der Waals surface area contributed by atoms with Crippen molar-refractivity contribution in [3.63, 3.8) is 0 Å². The van der Waals surface area contributed by atoms with Crippen molar-refractivity contribution in [2.45, 2.75) is 0 Å². The molecule has 0 aliphatic carbocycles. The van der Waals surface area contributed by atoms with Crippen molar-refractivity contribution in [1.29, 1.82) is 0 Å². The van der Waals surface area contributed by atoms with Crippen molar-refractivity contribution >= 4 is 116 Å². The van der Waals surface area contributed by atoms with Crippen molar-refractivity contribution in [1.82, 2.24) is 4.40 Å². The predicted octanol–water partition coefficient (Wildman–Crippen LogP) is 10.1. The molecule has 5 heteroatoms. The minimum Gasteiger partial charge on any atom is -0.311 e. The van der Waals surface area contributed by atoms with Crippen LogP contribution in [-0.4, -0.2) is 11.1 Å². The van der Waals surface area contributed by atoms with Crippen LogP contribution in [0.25, 0.3) is 48.2 Å². The molecule has 0 atom stereocenters. The van der Waals surface area contributed by atoms with Gasteiger partial charge in [0.1, 0.15) is 0 Å². The SMILES string of the molecule is c1ccc(N2c3cccc4c3B(c3ccc5c(c3N4c3ccccc3)c3cccc4c6ccccc6n5c43)c3c2sc2ccccc32)cc1. The van der Waals surface area contributed by atoms with E-state index in [0.717, 1.165) is 0 Å². The number of rotatable bonds is 2. The van der Waals surface area contributed by atoms with E-state index in [0.29, 0.717) is 0 Å². The van der Waals surface area contributed by atoms with Gasteiger partial charge in [-0.2, -0.15) is 0 Å². The number of hydrogen-bond donors (Lipinski definition) is 0. The Kier molecular flexibility index (Phi) is 4.94. The number of thiophene rings is 1. The Morgan fingerprint density at radius 3 is 1.90 bits per heavy atom. The highest BCUT2D eigenvalue weighted by molar-refractivity contribution is 7.26. The van der Waals surface area contributed by atoms with Gasteiger partial charge in [0, 0.05) is 49.0 Å². The van der Waals surface area contributed by atoms with Gasteiger partial charge in [-0.05, 0) is 76.4 Å². The number of aromatic nitrogens is 1. The fourth-order valence-corrected chi connectivity index (χ4v) is 10.4. The zero-order valence-electron chi connectivity index (χ0n) is 26.3. The molecule has 0 unspecified atom stereocenters. The molecule has 226 valence electrons. The lowest BCUT2D eigenvalue weighted by atomic mass is 9.33. The molecule has 0 saturated heterocycles. The third kappa shape index (κ3) is 3.19. The maximum atomic E-state index is 2.56. The Hall–Kier alpha value is -6.04. The number of anilines is 6. The highest BCUT2D eigenvalue weighted by Crippen LogP contribution is 2.50. The lowest BCUT2D eigenvalue weighted by Crippen LogP contribution is -2.61. The van der Waals surface area contributed by atoms with Crippen molar-refractivity contribution in [3.8, 4) is 0 Å². The van der Waals surface area contributed by atoms with Crippen LogP contribution in [0, 0.1) is 0 Å². The van der Waals surface area contributed by atoms with Crippen molar-refractivity contribution in [3.05, 3.63) is 158 Å². The maximum Gasteiger partial charge on any atom is 0.254 e. The van der Waals surface area contributed by atoms with E-state index in [-0.39, 0.29) is 6.71 Å². The molecular formula is C44H26BN3S. The monoisotopic (exact) mass is 639 g/mol. The van der Waals surface area contributed by atoms with Gasteiger partial charge in [0.05, 0.1) is 27.2 Å². The fourth-order valence-electron chi connectivity index (χ4n) is 9.08. The third-order valence-corrected chi connectivity index (χ3v) is 12.1. The molecule has 49 heavy (non-hydrogen) atoms. The molecule has 10 aromatic rings. The number of nitrogens with zero attached hydrogens (tertiary/aromatic N) is 3. The minimum absolute atomic E-state index is 0.0773. The lowest BCUT2D eigenvalue weighted by molar-refractivity contribution is 1.27. The summed E-state index contributed by atoms with van der Waals surface area (Å²) < 4.78 is 3.83. The van der Waals surface area contributed by atoms with E-state index in [9.17, 15) is 0 Å². The Morgan fingerprint density at radius 1 is 0.449 bits per heavy atom. The molecule has 2 aliphatic heterocycles. The summed E-state index contributed by atoms with van der Waals surface area (Å²) in [5, 5.41) is 7.88. The van der Waals surface area contributed by atoms with Gasteiger partial charge in [-0.25, -0.2) is 0 Å². The molecule has 0 saturated carbocycles. The summed E-state index contributed by atoms with van der Waals surface area (Å²) in [5.74, 6) is 0. The van der Waals surface area contributed by atoms with Gasteiger partial charge in [-0.3, -0.25) is 0 Å². The molecule has 0 fully saturated rings. The largest absolute Gasteiger partial charge is 0.311 e. The second-order valence-corrected chi connectivity index (χ2v) is 14.3. The van der Waals surface area contributed by atoms with Gasteiger partial charge >= 0.3 is 0 Å². The van der Waals surface area contributed by atoms with E-state index < -0.39 is 0 Å². The highest BCUT2D eigenvalue weighted by atomic mass is 32.1. The van der Waals surface area contributed by atoms with Crippen molar-refractivity contribution < 1.29 is 0 Å². The maximum absolute atomic E-state index is 2.56. The molecule has 0 bridgehead atoms. The standard InChI is InChI=1S/C44H26BN3S/c1-3-13-27(14-4-1)46-36-22-12-23-37-41(36)45(40-31-18-8-10-24-38(31)49-44(40)47(37)28-15-5-2-6-16-28)33-25-26-35-39(43(33)46)32-20-11-19-30-29-17-7-9-21-34(29)48(35)42(30)32/h1-26H. The van der Waals surface area contributed by atoms with Crippen LogP contribution in [0.2, 0.25) is 0 Å². The van der Waals surface area contributed by atoms with Gasteiger partial charge in [0.25, 0.3) is 6.71 Å². The summed E-state index contributed by atoms with van der Waals surface area (Å²) in [7, 11) is 0. The molecule has 0 N–H and O–H groups in total. The van der Waals surface area contributed by atoms with E-state index in [1.54, 1.807) is 0 Å². The summed E-state index contributed by atoms with van der Waals surface area (Å²) in [5.41, 5.74) is 14.1. The zero-order valence-corrected chi connectivity index (χ0v) is 27.2. The fraction of sp³-hybridized carbons (Fsp3) is 0. The van der Waals surface area contributed by atoms with Gasteiger partial charge in [-0.15, -0.1) is 11.3 Å². The quantitative estimate of drug-likeness (QED) is 0.174. The molecule has 0 radical (unpaired) electrons. The van der Waals surface area contributed by atoms with Crippen LogP contribution < -0.4 is 26.2 Å². The van der Waals surface area contributed by atoms with Crippen LogP contribution in [0.4, 0.5) is 33.4 Å². The summed E-state index contributed by atoms with van der Waals surface area (Å²) in [6, 6.07) is 58.3. The third-order valence-electron chi connectivity index (χ3n) is 10.9. The van der Waals surface area contributed by atoms with Gasteiger partial charge in [0.15, 0.2) is 0 Å². The first-order chi connectivity index (χ1) is 24.4. The second kappa shape index (κ2) is 9.31. The lowest BCUT2D eigenvalue weighted by Gasteiger charge is -2.43. The van der Waals surface area contributed by atoms with E-state index in [2.05, 4.69) is 172 Å². The van der Waals surface area contributed by atoms with Crippen LogP contribution in [0.5, 0.6) is 0 Å². The Labute approximate surface area is 286 Å². The number of hydrogen-bond acceptors (Lipinski definition) is 3. The van der Waals surface area contributed by atoms with Crippen LogP contribution in [0.1, 0.15) is 0 Å². The van der Waals surface area contributed by atoms with E-state index >= 15 is 0 Å². The van der Waals surface area contributed by atoms with Crippen molar-refractivity contribution in [2.75, 3.05) is 9.80 Å². The Bertz CT molecular complexity index is 2960. The number of benzene rings is 7. The molecule has 2 aliphatic rings. The Balaban J connectivity index is 1.28. The molecule has 0 amide bonds. The van der Waals surface area contributed by atoms with E-state index in [1.165, 1.54) is 98.0 Å². The molecular weight excluding hydrogens is 613 g/mol. The summed E-state index contributed by atoms with van der Waals surface area (Å²) >= 11 is 1.91. The number of para-hydroxylation sites is 4. The molecule has 3 nitrogen and oxygen atoms in total. The smallest absolute Gasteiger partial charge is 0.254 e. The van der Waals surface area contributed by atoms with Gasteiger partial charge in [0.2, 0.25) is 0 Å². The van der Waals surface area contributed by atoms with Gasteiger partial charge in [-0.1, -0.05) is 103 Å². The normalized spacial score (nSPS) is 13.6. The number of fused-ring (bicyclic) bond motifs is 13. The predicted molar refractivity (Wildman–Crippen MR) is 211 cm³/mol. The van der Waals surface area contributed by atoms with Crippen LogP contribution in [-0.2, 0) is 0 Å². The molecule has 3 aromatic heterocycles. The average Bonchev–Trinajstić information content (AvgIpc) is 3.83. The second-order valence-electron chi connectivity index (χ2n) is 13.3. The van der Waals surface area contributed by atoms with Crippen molar-refractivity contribution in [2.24, 2.45) is 0 Å². The summed E-state index contributed by atoms with van der Waals surface area (Å²) in [6.07, 6.45) is 0. The first-order valence-corrected chi connectivity index (χ1v) is 17.7. The molecule has 5 heterocycles. The van der Waals surface area contributed by atoms with E-state index in [1.807, 2.05) is 11.3 Å². The first-order valence-electron chi connectivity index (χ1n) is 16.9. The molecule has 7 aromatic carbocycles. The summed E-state index contributed by atoms with van der Waals surface area (Å²) in [6.45, 7) is 0.0773. The Morgan fingerprint density at radius 2 is 1.08 bits per heavy atom. The van der Waals surface area contributed by atoms with Crippen LogP contribution >= 0.6 is 11.3 Å². The molecule has 12 rings (SSSR count). The van der Waals surface area contributed by atoms with Crippen LogP contribution in [0.15, 0.2) is 158 Å². The van der Waals surface area contributed by atoms with Gasteiger partial charge < -0.3 is 14.2 Å². The zero-order chi connectivity index (χ0) is 31.8. The van der Waals surface area contributed by atoms with Crippen LogP contribution in [0.3, 0.4) is 0 Å².